The van der Waals surface area contributed by atoms with E-state index in [1.165, 1.54) is 11.3 Å². The van der Waals surface area contributed by atoms with Crippen LogP contribution in [0.4, 0.5) is 0 Å². The quantitative estimate of drug-likeness (QED) is 0.410. The predicted octanol–water partition coefficient (Wildman–Crippen LogP) is 5.19. The van der Waals surface area contributed by atoms with Crippen LogP contribution in [0.3, 0.4) is 0 Å². The van der Waals surface area contributed by atoms with E-state index in [0.717, 1.165) is 43.2 Å². The zero-order valence-corrected chi connectivity index (χ0v) is 15.8. The number of carbonyl (C=O) groups excluding carboxylic acids is 1. The smallest absolute Gasteiger partial charge is 0.220 e. The Kier molecular flexibility index (Phi) is 3.52. The minimum Gasteiger partial charge on any atom is -0.313 e. The summed E-state index contributed by atoms with van der Waals surface area (Å²) in [4.78, 5) is 15.1. The molecule has 0 N–H and O–H groups in total. The first kappa shape index (κ1) is 16.0. The summed E-state index contributed by atoms with van der Waals surface area (Å²) in [6, 6.07) is 20.0. The number of aryl methyl sites for hydroxylation is 2. The summed E-state index contributed by atoms with van der Waals surface area (Å²) in [7, 11) is 0. The minimum absolute atomic E-state index is 0.0545. The molecule has 0 amide bonds. The summed E-state index contributed by atoms with van der Waals surface area (Å²) >= 11 is 1.50. The van der Waals surface area contributed by atoms with Crippen LogP contribution in [-0.2, 0) is 0 Å². The van der Waals surface area contributed by atoms with Gasteiger partial charge in [-0.15, -0.1) is 11.3 Å². The molecule has 4 nitrogen and oxygen atoms in total. The second kappa shape index (κ2) is 5.93. The number of para-hydroxylation sites is 1. The fraction of sp³-hybridized carbons (Fsp3) is 0.0909. The van der Waals surface area contributed by atoms with E-state index in [1.807, 2.05) is 83.7 Å². The molecule has 4 heterocycles. The molecule has 1 aromatic carbocycles. The van der Waals surface area contributed by atoms with Gasteiger partial charge in [-0.1, -0.05) is 24.3 Å². The molecular weight excluding hydrogens is 354 g/mol. The molecule has 0 atom stereocenters. The van der Waals surface area contributed by atoms with E-state index in [0.29, 0.717) is 0 Å². The third kappa shape index (κ3) is 2.43. The maximum absolute atomic E-state index is 13.3. The van der Waals surface area contributed by atoms with E-state index in [-0.39, 0.29) is 5.78 Å². The molecule has 0 saturated heterocycles. The number of rotatable bonds is 3. The lowest BCUT2D eigenvalue weighted by Gasteiger charge is -2.03. The summed E-state index contributed by atoms with van der Waals surface area (Å²) in [6.45, 7) is 3.98. The van der Waals surface area contributed by atoms with Gasteiger partial charge >= 0.3 is 0 Å². The van der Waals surface area contributed by atoms with Gasteiger partial charge in [0.2, 0.25) is 5.78 Å². The zero-order valence-electron chi connectivity index (χ0n) is 15.0. The van der Waals surface area contributed by atoms with Gasteiger partial charge in [0.1, 0.15) is 4.83 Å². The number of aromatic nitrogens is 3. The Labute approximate surface area is 160 Å². The Morgan fingerprint density at radius 3 is 2.59 bits per heavy atom. The second-order valence-electron chi connectivity index (χ2n) is 6.66. The van der Waals surface area contributed by atoms with Gasteiger partial charge in [-0.2, -0.15) is 5.10 Å². The van der Waals surface area contributed by atoms with Crippen LogP contribution in [0.2, 0.25) is 0 Å². The standard InChI is InChI=1S/C22H17N3OS/c1-14-12-17-10-6-7-11-24(17)20(14)21(26)19-13-18-15(2)23-25(22(18)27-19)16-8-4-3-5-9-16/h3-13H,1-2H3. The molecule has 0 saturated carbocycles. The Morgan fingerprint density at radius 2 is 1.78 bits per heavy atom. The summed E-state index contributed by atoms with van der Waals surface area (Å²) in [5.74, 6) is 0.0545. The highest BCUT2D eigenvalue weighted by Crippen LogP contribution is 2.32. The van der Waals surface area contributed by atoms with Gasteiger partial charge in [-0.25, -0.2) is 4.68 Å². The third-order valence-corrected chi connectivity index (χ3v) is 5.96. The van der Waals surface area contributed by atoms with Gasteiger partial charge in [0.15, 0.2) is 0 Å². The summed E-state index contributed by atoms with van der Waals surface area (Å²) in [6.07, 6.45) is 1.94. The lowest BCUT2D eigenvalue weighted by Crippen LogP contribution is -2.05. The first-order valence-corrected chi connectivity index (χ1v) is 9.61. The van der Waals surface area contributed by atoms with Crippen LogP contribution in [-0.4, -0.2) is 20.0 Å². The maximum Gasteiger partial charge on any atom is 0.220 e. The Balaban J connectivity index is 1.68. The second-order valence-corrected chi connectivity index (χ2v) is 7.69. The zero-order chi connectivity index (χ0) is 18.5. The number of carbonyl (C=O) groups is 1. The van der Waals surface area contributed by atoms with Crippen molar-refractivity contribution in [3.05, 3.63) is 88.7 Å². The fourth-order valence-corrected chi connectivity index (χ4v) is 4.69. The Hall–Kier alpha value is -3.18. The number of nitrogens with zero attached hydrogens (tertiary/aromatic N) is 3. The Morgan fingerprint density at radius 1 is 1.00 bits per heavy atom. The van der Waals surface area contributed by atoms with Crippen molar-refractivity contribution in [3.8, 4) is 5.69 Å². The van der Waals surface area contributed by atoms with Gasteiger partial charge in [0.05, 0.1) is 22.0 Å². The van der Waals surface area contributed by atoms with Gasteiger partial charge in [0.25, 0.3) is 0 Å². The molecule has 0 unspecified atom stereocenters. The number of hydrogen-bond donors (Lipinski definition) is 0. The highest BCUT2D eigenvalue weighted by Gasteiger charge is 2.21. The Bertz CT molecular complexity index is 1310. The largest absolute Gasteiger partial charge is 0.313 e. The highest BCUT2D eigenvalue weighted by molar-refractivity contribution is 7.20. The van der Waals surface area contributed by atoms with Crippen molar-refractivity contribution in [2.45, 2.75) is 13.8 Å². The number of ketones is 1. The SMILES string of the molecule is Cc1cc2ccccn2c1C(=O)c1cc2c(C)nn(-c3ccccc3)c2s1. The first-order valence-electron chi connectivity index (χ1n) is 8.79. The molecule has 27 heavy (non-hydrogen) atoms. The number of fused-ring (bicyclic) bond motifs is 2. The van der Waals surface area contributed by atoms with Gasteiger partial charge < -0.3 is 4.40 Å². The topological polar surface area (TPSA) is 39.3 Å². The van der Waals surface area contributed by atoms with E-state index >= 15 is 0 Å². The molecule has 5 aromatic rings. The van der Waals surface area contributed by atoms with Crippen molar-refractivity contribution >= 4 is 32.9 Å². The summed E-state index contributed by atoms with van der Waals surface area (Å²) < 4.78 is 3.90. The van der Waals surface area contributed by atoms with Crippen LogP contribution in [0.25, 0.3) is 21.4 Å². The van der Waals surface area contributed by atoms with Crippen molar-refractivity contribution in [2.75, 3.05) is 0 Å². The molecule has 4 aromatic heterocycles. The monoisotopic (exact) mass is 371 g/mol. The van der Waals surface area contributed by atoms with Gasteiger partial charge in [-0.05, 0) is 55.8 Å². The highest BCUT2D eigenvalue weighted by atomic mass is 32.1. The minimum atomic E-state index is 0.0545. The lowest BCUT2D eigenvalue weighted by atomic mass is 10.1. The summed E-state index contributed by atoms with van der Waals surface area (Å²) in [5, 5.41) is 5.69. The predicted molar refractivity (Wildman–Crippen MR) is 109 cm³/mol. The molecule has 0 radical (unpaired) electrons. The lowest BCUT2D eigenvalue weighted by molar-refractivity contribution is 0.103. The fourth-order valence-electron chi connectivity index (χ4n) is 3.57. The van der Waals surface area contributed by atoms with Crippen LogP contribution in [0.15, 0.2) is 66.9 Å². The third-order valence-electron chi connectivity index (χ3n) is 4.85. The normalized spacial score (nSPS) is 11.5. The molecular formula is C22H17N3OS. The molecule has 0 spiro atoms. The molecule has 5 rings (SSSR count). The van der Waals surface area contributed by atoms with E-state index in [2.05, 4.69) is 11.2 Å². The van der Waals surface area contributed by atoms with Crippen LogP contribution in [0, 0.1) is 13.8 Å². The first-order chi connectivity index (χ1) is 13.1. The number of hydrogen-bond acceptors (Lipinski definition) is 3. The van der Waals surface area contributed by atoms with Gasteiger partial charge in [-0.3, -0.25) is 4.79 Å². The van der Waals surface area contributed by atoms with E-state index in [1.54, 1.807) is 0 Å². The molecule has 0 aliphatic rings. The van der Waals surface area contributed by atoms with E-state index < -0.39 is 0 Å². The van der Waals surface area contributed by atoms with E-state index in [9.17, 15) is 4.79 Å². The molecule has 132 valence electrons. The van der Waals surface area contributed by atoms with Crippen molar-refractivity contribution in [1.29, 1.82) is 0 Å². The number of thiophene rings is 1. The van der Waals surface area contributed by atoms with E-state index in [4.69, 9.17) is 0 Å². The van der Waals surface area contributed by atoms with Crippen molar-refractivity contribution in [3.63, 3.8) is 0 Å². The van der Waals surface area contributed by atoms with Crippen LogP contribution in [0.1, 0.15) is 26.6 Å². The van der Waals surface area contributed by atoms with Crippen molar-refractivity contribution in [1.82, 2.24) is 14.2 Å². The molecule has 0 fully saturated rings. The number of pyridine rings is 1. The molecule has 5 heteroatoms. The number of benzene rings is 1. The molecule has 0 aliphatic carbocycles. The van der Waals surface area contributed by atoms with Crippen LogP contribution in [0.5, 0.6) is 0 Å². The van der Waals surface area contributed by atoms with Gasteiger partial charge in [0, 0.05) is 17.1 Å². The average Bonchev–Trinajstić information content (AvgIpc) is 3.34. The maximum atomic E-state index is 13.3. The summed E-state index contributed by atoms with van der Waals surface area (Å²) in [5.41, 5.74) is 4.68. The van der Waals surface area contributed by atoms with Crippen LogP contribution < -0.4 is 0 Å². The molecule has 0 aliphatic heterocycles. The molecule has 0 bridgehead atoms. The average molecular weight is 371 g/mol. The van der Waals surface area contributed by atoms with Crippen molar-refractivity contribution < 1.29 is 4.79 Å². The van der Waals surface area contributed by atoms with Crippen molar-refractivity contribution in [2.24, 2.45) is 0 Å². The van der Waals surface area contributed by atoms with Crippen LogP contribution >= 0.6 is 11.3 Å².